The number of benzene rings is 1. The third-order valence-corrected chi connectivity index (χ3v) is 3.28. The van der Waals surface area contributed by atoms with Crippen LogP contribution in [-0.2, 0) is 12.7 Å². The summed E-state index contributed by atoms with van der Waals surface area (Å²) in [6.45, 7) is 2.40. The van der Waals surface area contributed by atoms with Gasteiger partial charge in [-0.2, -0.15) is 18.3 Å². The van der Waals surface area contributed by atoms with Crippen molar-refractivity contribution in [3.63, 3.8) is 0 Å². The second-order valence-corrected chi connectivity index (χ2v) is 4.50. The highest BCUT2D eigenvalue weighted by atomic mass is 19.4. The van der Waals surface area contributed by atoms with Gasteiger partial charge in [-0.1, -0.05) is 12.1 Å². The zero-order valence-electron chi connectivity index (χ0n) is 11.6. The average molecular weight is 301 g/mol. The highest BCUT2D eigenvalue weighted by Gasteiger charge is 2.36. The molecule has 0 aliphatic rings. The van der Waals surface area contributed by atoms with E-state index in [0.717, 1.165) is 6.07 Å². The van der Waals surface area contributed by atoms with Crippen LogP contribution < -0.4 is 5.32 Å². The summed E-state index contributed by atoms with van der Waals surface area (Å²) in [4.78, 5) is 0. The summed E-state index contributed by atoms with van der Waals surface area (Å²) in [5, 5.41) is 6.91. The minimum atomic E-state index is -4.72. The second kappa shape index (κ2) is 5.85. The number of hydrogen-bond acceptors (Lipinski definition) is 2. The zero-order chi connectivity index (χ0) is 15.6. The van der Waals surface area contributed by atoms with Crippen molar-refractivity contribution in [2.75, 3.05) is 7.05 Å². The van der Waals surface area contributed by atoms with Crippen LogP contribution in [0.5, 0.6) is 0 Å². The largest absolute Gasteiger partial charge is 0.419 e. The maximum Gasteiger partial charge on any atom is 0.419 e. The lowest BCUT2D eigenvalue weighted by molar-refractivity contribution is -0.140. The fraction of sp³-hybridized carbons (Fsp3) is 0.357. The van der Waals surface area contributed by atoms with Gasteiger partial charge in [0.05, 0.1) is 17.3 Å². The van der Waals surface area contributed by atoms with E-state index >= 15 is 0 Å². The minimum Gasteiger partial charge on any atom is -0.308 e. The van der Waals surface area contributed by atoms with Crippen molar-refractivity contribution in [3.8, 4) is 0 Å². The Hall–Kier alpha value is -1.89. The van der Waals surface area contributed by atoms with E-state index in [1.54, 1.807) is 17.8 Å². The van der Waals surface area contributed by atoms with Crippen LogP contribution in [0.2, 0.25) is 0 Å². The molecule has 114 valence electrons. The second-order valence-electron chi connectivity index (χ2n) is 4.50. The van der Waals surface area contributed by atoms with Crippen LogP contribution in [0.1, 0.15) is 29.8 Å². The van der Waals surface area contributed by atoms with Gasteiger partial charge in [0, 0.05) is 18.3 Å². The standard InChI is InChI=1S/C14H15F4N3/c1-3-21-11(7-8-20-21)13(19-2)9-5-4-6-10(12(9)15)14(16,17)18/h4-8,13,19H,3H2,1-2H3. The Morgan fingerprint density at radius 3 is 2.57 bits per heavy atom. The summed E-state index contributed by atoms with van der Waals surface area (Å²) in [5.41, 5.74) is -0.705. The Kier molecular flexibility index (Phi) is 4.32. The van der Waals surface area contributed by atoms with E-state index < -0.39 is 23.6 Å². The summed E-state index contributed by atoms with van der Waals surface area (Å²) in [5.74, 6) is -1.26. The highest BCUT2D eigenvalue weighted by Crippen LogP contribution is 2.35. The van der Waals surface area contributed by atoms with Crippen LogP contribution in [0, 0.1) is 5.82 Å². The van der Waals surface area contributed by atoms with Gasteiger partial charge in [-0.3, -0.25) is 4.68 Å². The van der Waals surface area contributed by atoms with Gasteiger partial charge in [0.1, 0.15) is 5.82 Å². The molecule has 2 aromatic rings. The Morgan fingerprint density at radius 2 is 2.00 bits per heavy atom. The third kappa shape index (κ3) is 2.92. The van der Waals surface area contributed by atoms with Crippen LogP contribution in [0.25, 0.3) is 0 Å². The first-order valence-corrected chi connectivity index (χ1v) is 6.44. The van der Waals surface area contributed by atoms with E-state index in [-0.39, 0.29) is 5.56 Å². The normalized spacial score (nSPS) is 13.4. The molecule has 3 nitrogen and oxygen atoms in total. The van der Waals surface area contributed by atoms with E-state index in [1.165, 1.54) is 18.3 Å². The van der Waals surface area contributed by atoms with Gasteiger partial charge < -0.3 is 5.32 Å². The Bertz CT molecular complexity index is 619. The van der Waals surface area contributed by atoms with Gasteiger partial charge in [0.2, 0.25) is 0 Å². The lowest BCUT2D eigenvalue weighted by atomic mass is 10.00. The van der Waals surface area contributed by atoms with Gasteiger partial charge in [-0.05, 0) is 26.1 Å². The quantitative estimate of drug-likeness (QED) is 0.878. The molecule has 1 aromatic carbocycles. The maximum atomic E-state index is 14.2. The topological polar surface area (TPSA) is 29.9 Å². The molecule has 0 fully saturated rings. The predicted octanol–water partition coefficient (Wildman–Crippen LogP) is 3.37. The summed E-state index contributed by atoms with van der Waals surface area (Å²) >= 11 is 0. The van der Waals surface area contributed by atoms with Gasteiger partial charge in [-0.25, -0.2) is 4.39 Å². The molecule has 1 unspecified atom stereocenters. The molecule has 0 aliphatic heterocycles. The fourth-order valence-electron chi connectivity index (χ4n) is 2.31. The molecule has 1 aromatic heterocycles. The number of rotatable bonds is 4. The van der Waals surface area contributed by atoms with Crippen molar-refractivity contribution >= 4 is 0 Å². The molecular weight excluding hydrogens is 286 g/mol. The molecule has 0 spiro atoms. The zero-order valence-corrected chi connectivity index (χ0v) is 11.6. The number of nitrogens with zero attached hydrogens (tertiary/aromatic N) is 2. The lowest BCUT2D eigenvalue weighted by Crippen LogP contribution is -2.23. The minimum absolute atomic E-state index is 0.0532. The predicted molar refractivity (Wildman–Crippen MR) is 70.2 cm³/mol. The van der Waals surface area contributed by atoms with E-state index in [0.29, 0.717) is 12.2 Å². The highest BCUT2D eigenvalue weighted by molar-refractivity contribution is 5.34. The molecule has 7 heteroatoms. The van der Waals surface area contributed by atoms with Crippen molar-refractivity contribution in [1.82, 2.24) is 15.1 Å². The first-order valence-electron chi connectivity index (χ1n) is 6.44. The summed E-state index contributed by atoms with van der Waals surface area (Å²) in [6.07, 6.45) is -3.18. The molecule has 1 N–H and O–H groups in total. The Morgan fingerprint density at radius 1 is 1.29 bits per heavy atom. The van der Waals surface area contributed by atoms with Gasteiger partial charge >= 0.3 is 6.18 Å². The van der Waals surface area contributed by atoms with Gasteiger partial charge in [-0.15, -0.1) is 0 Å². The van der Waals surface area contributed by atoms with E-state index in [9.17, 15) is 17.6 Å². The van der Waals surface area contributed by atoms with Crippen molar-refractivity contribution < 1.29 is 17.6 Å². The molecule has 0 saturated carbocycles. The molecule has 0 radical (unpaired) electrons. The lowest BCUT2D eigenvalue weighted by Gasteiger charge is -2.20. The Balaban J connectivity index is 2.54. The van der Waals surface area contributed by atoms with Crippen LogP contribution >= 0.6 is 0 Å². The van der Waals surface area contributed by atoms with Crippen LogP contribution in [0.3, 0.4) is 0 Å². The number of alkyl halides is 3. The van der Waals surface area contributed by atoms with Crippen molar-refractivity contribution in [3.05, 3.63) is 53.1 Å². The van der Waals surface area contributed by atoms with E-state index in [4.69, 9.17) is 0 Å². The molecular formula is C14H15F4N3. The molecule has 1 heterocycles. The van der Waals surface area contributed by atoms with Crippen molar-refractivity contribution in [1.29, 1.82) is 0 Å². The maximum absolute atomic E-state index is 14.2. The van der Waals surface area contributed by atoms with Gasteiger partial charge in [0.25, 0.3) is 0 Å². The van der Waals surface area contributed by atoms with Crippen LogP contribution in [0.4, 0.5) is 17.6 Å². The molecule has 0 amide bonds. The first-order chi connectivity index (χ1) is 9.90. The average Bonchev–Trinajstić information content (AvgIpc) is 2.88. The first kappa shape index (κ1) is 15.5. The summed E-state index contributed by atoms with van der Waals surface area (Å²) in [7, 11) is 1.57. The Labute approximate surface area is 119 Å². The van der Waals surface area contributed by atoms with Crippen LogP contribution in [0.15, 0.2) is 30.5 Å². The van der Waals surface area contributed by atoms with E-state index in [1.807, 2.05) is 6.92 Å². The molecule has 2 rings (SSSR count). The van der Waals surface area contributed by atoms with E-state index in [2.05, 4.69) is 10.4 Å². The summed E-state index contributed by atoms with van der Waals surface area (Å²) < 4.78 is 54.3. The molecule has 0 aliphatic carbocycles. The number of hydrogen-bond donors (Lipinski definition) is 1. The van der Waals surface area contributed by atoms with Crippen LogP contribution in [-0.4, -0.2) is 16.8 Å². The number of aryl methyl sites for hydroxylation is 1. The molecule has 1 atom stereocenters. The number of nitrogens with one attached hydrogen (secondary N) is 1. The summed E-state index contributed by atoms with van der Waals surface area (Å²) in [6, 6.07) is 4.25. The molecule has 21 heavy (non-hydrogen) atoms. The van der Waals surface area contributed by atoms with Gasteiger partial charge in [0.15, 0.2) is 0 Å². The fourth-order valence-corrected chi connectivity index (χ4v) is 2.31. The third-order valence-electron chi connectivity index (χ3n) is 3.28. The van der Waals surface area contributed by atoms with Crippen molar-refractivity contribution in [2.45, 2.75) is 25.7 Å². The SMILES string of the molecule is CCn1nccc1C(NC)c1cccc(C(F)(F)F)c1F. The van der Waals surface area contributed by atoms with Crippen molar-refractivity contribution in [2.24, 2.45) is 0 Å². The molecule has 0 bridgehead atoms. The number of halogens is 4. The smallest absolute Gasteiger partial charge is 0.308 e. The molecule has 0 saturated heterocycles. The number of aromatic nitrogens is 2. The monoisotopic (exact) mass is 301 g/mol.